The van der Waals surface area contributed by atoms with Crippen molar-refractivity contribution in [1.82, 2.24) is 24.6 Å². The average Bonchev–Trinajstić information content (AvgIpc) is 3.70. The summed E-state index contributed by atoms with van der Waals surface area (Å²) in [5.74, 6) is -4.60. The van der Waals surface area contributed by atoms with Crippen LogP contribution in [0, 0.1) is 6.92 Å². The molecule has 2 aromatic heterocycles. The number of H-pyrrole nitrogens is 1. The Kier molecular flexibility index (Phi) is 10.1. The van der Waals surface area contributed by atoms with E-state index in [4.69, 9.17) is 4.74 Å². The number of rotatable bonds is 13. The van der Waals surface area contributed by atoms with Crippen LogP contribution in [0.25, 0.3) is 10.9 Å². The molecule has 14 nitrogen and oxygen atoms in total. The number of hydrogen-bond donors (Lipinski definition) is 3. The standard InChI is InChI=1S/C30H31N5O9S/c1-18-8-10-20(11-9-18)45(41,42)35-16-22(21-6-4-5-7-25(21)35)27(37)29(39)34-24(14-19-15-31-17-32-19)28(38)33-23(30(40)44-3)12-13-26(36)43-2/h4-11,15-17,23-24H,12-14H2,1-3H3,(H,31,32)(H,33,38)(H,34,39)/t23-,24-/m0/s1. The number of Topliss-reactive ketones (excluding diaryl/α,β-unsaturated/α-hetero) is 1. The summed E-state index contributed by atoms with van der Waals surface area (Å²) in [5.41, 5.74) is 1.25. The van der Waals surface area contributed by atoms with Gasteiger partial charge in [-0.2, -0.15) is 0 Å². The molecule has 4 aromatic rings. The number of hydrogen-bond acceptors (Lipinski definition) is 10. The molecule has 0 radical (unpaired) electrons. The first kappa shape index (κ1) is 32.6. The Morgan fingerprint density at radius 1 is 0.956 bits per heavy atom. The smallest absolute Gasteiger partial charge is 0.328 e. The molecule has 2 amide bonds. The first-order valence-corrected chi connectivity index (χ1v) is 15.1. The van der Waals surface area contributed by atoms with Gasteiger partial charge >= 0.3 is 11.9 Å². The molecule has 0 fully saturated rings. The Labute approximate surface area is 258 Å². The number of aromatic nitrogens is 3. The lowest BCUT2D eigenvalue weighted by atomic mass is 10.1. The second kappa shape index (κ2) is 14.0. The number of carbonyl (C=O) groups is 5. The molecule has 0 aliphatic heterocycles. The van der Waals surface area contributed by atoms with Gasteiger partial charge in [0.15, 0.2) is 0 Å². The van der Waals surface area contributed by atoms with Gasteiger partial charge < -0.3 is 25.1 Å². The minimum atomic E-state index is -4.15. The van der Waals surface area contributed by atoms with Crippen LogP contribution < -0.4 is 10.6 Å². The fraction of sp³-hybridized carbons (Fsp3) is 0.267. The summed E-state index contributed by atoms with van der Waals surface area (Å²) in [5, 5.41) is 5.05. The Morgan fingerprint density at radius 3 is 2.31 bits per heavy atom. The Balaban J connectivity index is 1.63. The minimum Gasteiger partial charge on any atom is -0.469 e. The zero-order chi connectivity index (χ0) is 32.7. The largest absolute Gasteiger partial charge is 0.469 e. The van der Waals surface area contributed by atoms with E-state index in [1.165, 1.54) is 43.9 Å². The highest BCUT2D eigenvalue weighted by molar-refractivity contribution is 7.90. The highest BCUT2D eigenvalue weighted by atomic mass is 32.2. The molecule has 236 valence electrons. The quantitative estimate of drug-likeness (QED) is 0.110. The number of fused-ring (bicyclic) bond motifs is 1. The van der Waals surface area contributed by atoms with E-state index in [0.717, 1.165) is 22.8 Å². The summed E-state index contributed by atoms with van der Waals surface area (Å²) in [6.45, 7) is 1.81. The zero-order valence-electron chi connectivity index (χ0n) is 24.6. The third-order valence-electron chi connectivity index (χ3n) is 6.97. The van der Waals surface area contributed by atoms with Crippen molar-refractivity contribution in [2.24, 2.45) is 0 Å². The summed E-state index contributed by atoms with van der Waals surface area (Å²) in [7, 11) is -1.86. The number of aryl methyl sites for hydroxylation is 1. The molecule has 2 atom stereocenters. The van der Waals surface area contributed by atoms with Crippen molar-refractivity contribution in [2.45, 2.75) is 43.2 Å². The van der Waals surface area contributed by atoms with Crippen LogP contribution in [0.1, 0.15) is 34.5 Å². The van der Waals surface area contributed by atoms with Gasteiger partial charge in [0.25, 0.3) is 21.7 Å². The van der Waals surface area contributed by atoms with Crippen molar-refractivity contribution in [3.8, 4) is 0 Å². The Hall–Kier alpha value is -5.31. The topological polar surface area (TPSA) is 196 Å². The molecule has 2 heterocycles. The van der Waals surface area contributed by atoms with Crippen LogP contribution in [0.2, 0.25) is 0 Å². The van der Waals surface area contributed by atoms with Crippen LogP contribution in [0.4, 0.5) is 0 Å². The third kappa shape index (κ3) is 7.44. The monoisotopic (exact) mass is 637 g/mol. The van der Waals surface area contributed by atoms with E-state index in [1.54, 1.807) is 24.3 Å². The Bertz CT molecular complexity index is 1830. The van der Waals surface area contributed by atoms with E-state index >= 15 is 0 Å². The highest BCUT2D eigenvalue weighted by Gasteiger charge is 2.32. The highest BCUT2D eigenvalue weighted by Crippen LogP contribution is 2.26. The lowest BCUT2D eigenvalue weighted by Gasteiger charge is -2.21. The fourth-order valence-corrected chi connectivity index (χ4v) is 5.92. The Morgan fingerprint density at radius 2 is 1.67 bits per heavy atom. The van der Waals surface area contributed by atoms with Gasteiger partial charge in [-0.3, -0.25) is 19.2 Å². The number of aromatic amines is 1. The molecule has 0 saturated carbocycles. The zero-order valence-corrected chi connectivity index (χ0v) is 25.4. The van der Waals surface area contributed by atoms with Gasteiger partial charge in [0.1, 0.15) is 12.1 Å². The number of ketones is 1. The first-order valence-electron chi connectivity index (χ1n) is 13.7. The van der Waals surface area contributed by atoms with E-state index in [1.807, 2.05) is 6.92 Å². The maximum Gasteiger partial charge on any atom is 0.328 e. The van der Waals surface area contributed by atoms with Crippen LogP contribution in [-0.2, 0) is 45.1 Å². The number of para-hydroxylation sites is 1. The van der Waals surface area contributed by atoms with Crippen molar-refractivity contribution in [3.63, 3.8) is 0 Å². The molecule has 0 unspecified atom stereocenters. The van der Waals surface area contributed by atoms with Crippen molar-refractivity contribution in [3.05, 3.63) is 84.1 Å². The van der Waals surface area contributed by atoms with E-state index in [0.29, 0.717) is 5.69 Å². The maximum atomic E-state index is 13.5. The summed E-state index contributed by atoms with van der Waals surface area (Å²) in [4.78, 5) is 70.9. The van der Waals surface area contributed by atoms with Crippen LogP contribution in [0.3, 0.4) is 0 Å². The van der Waals surface area contributed by atoms with E-state index in [2.05, 4.69) is 25.3 Å². The lowest BCUT2D eigenvalue weighted by molar-refractivity contribution is -0.146. The van der Waals surface area contributed by atoms with Gasteiger partial charge in [0.05, 0.1) is 36.5 Å². The molecular weight excluding hydrogens is 606 g/mol. The molecule has 45 heavy (non-hydrogen) atoms. The normalized spacial score (nSPS) is 12.6. The number of carbonyl (C=O) groups excluding carboxylic acids is 5. The van der Waals surface area contributed by atoms with E-state index in [-0.39, 0.29) is 40.6 Å². The van der Waals surface area contributed by atoms with Crippen LogP contribution in [0.5, 0.6) is 0 Å². The van der Waals surface area contributed by atoms with Gasteiger partial charge in [-0.1, -0.05) is 35.9 Å². The number of amides is 2. The number of imidazole rings is 1. The molecule has 0 bridgehead atoms. The van der Waals surface area contributed by atoms with Gasteiger partial charge in [-0.05, 0) is 31.5 Å². The number of nitrogens with one attached hydrogen (secondary N) is 3. The molecule has 4 rings (SSSR count). The molecule has 0 saturated heterocycles. The molecule has 2 aromatic carbocycles. The minimum absolute atomic E-state index is 0.0130. The molecule has 0 aliphatic carbocycles. The van der Waals surface area contributed by atoms with Crippen LogP contribution in [-0.4, -0.2) is 78.2 Å². The fourth-order valence-electron chi connectivity index (χ4n) is 4.55. The predicted octanol–water partition coefficient (Wildman–Crippen LogP) is 1.43. The van der Waals surface area contributed by atoms with Crippen LogP contribution >= 0.6 is 0 Å². The maximum absolute atomic E-state index is 13.5. The van der Waals surface area contributed by atoms with Crippen LogP contribution in [0.15, 0.2) is 72.1 Å². The summed E-state index contributed by atoms with van der Waals surface area (Å²) in [6.07, 6.45) is 3.33. The third-order valence-corrected chi connectivity index (χ3v) is 8.66. The van der Waals surface area contributed by atoms with Crippen molar-refractivity contribution in [2.75, 3.05) is 14.2 Å². The molecule has 3 N–H and O–H groups in total. The number of nitrogens with zero attached hydrogens (tertiary/aromatic N) is 2. The van der Waals surface area contributed by atoms with Crippen molar-refractivity contribution >= 4 is 50.5 Å². The number of benzene rings is 2. The average molecular weight is 638 g/mol. The summed E-state index contributed by atoms with van der Waals surface area (Å²) < 4.78 is 37.3. The van der Waals surface area contributed by atoms with Gasteiger partial charge in [-0.15, -0.1) is 0 Å². The number of methoxy groups -OCH3 is 2. The van der Waals surface area contributed by atoms with E-state index in [9.17, 15) is 32.4 Å². The van der Waals surface area contributed by atoms with Gasteiger partial charge in [-0.25, -0.2) is 22.2 Å². The molecular formula is C30H31N5O9S. The van der Waals surface area contributed by atoms with Crippen molar-refractivity contribution < 1.29 is 41.9 Å². The number of esters is 2. The number of ether oxygens (including phenoxy) is 2. The molecule has 15 heteroatoms. The molecule has 0 aliphatic rings. The first-order chi connectivity index (χ1) is 21.5. The van der Waals surface area contributed by atoms with E-state index < -0.39 is 51.6 Å². The van der Waals surface area contributed by atoms with Gasteiger partial charge in [0, 0.05) is 36.3 Å². The summed E-state index contributed by atoms with van der Waals surface area (Å²) >= 11 is 0. The lowest BCUT2D eigenvalue weighted by Crippen LogP contribution is -2.53. The van der Waals surface area contributed by atoms with Crippen molar-refractivity contribution in [1.29, 1.82) is 0 Å². The van der Waals surface area contributed by atoms with Gasteiger partial charge in [0.2, 0.25) is 5.91 Å². The predicted molar refractivity (Wildman–Crippen MR) is 159 cm³/mol. The SMILES string of the molecule is COC(=O)CC[C@H](NC(=O)[C@H](Cc1cnc[nH]1)NC(=O)C(=O)c1cn(S(=O)(=O)c2ccc(C)cc2)c2ccccc12)C(=O)OC. The second-order valence-electron chi connectivity index (χ2n) is 10.0. The molecule has 0 spiro atoms. The second-order valence-corrected chi connectivity index (χ2v) is 11.8. The summed E-state index contributed by atoms with van der Waals surface area (Å²) in [6, 6.07) is 9.72.